The predicted octanol–water partition coefficient (Wildman–Crippen LogP) is 4.00. The van der Waals surface area contributed by atoms with Crippen molar-refractivity contribution in [2.45, 2.75) is 6.54 Å². The van der Waals surface area contributed by atoms with Crippen LogP contribution >= 0.6 is 22.9 Å². The zero-order valence-electron chi connectivity index (χ0n) is 13.0. The molecule has 0 saturated heterocycles. The van der Waals surface area contributed by atoms with Crippen LogP contribution in [0.15, 0.2) is 58.9 Å². The number of thiazole rings is 1. The lowest BCUT2D eigenvalue weighted by Gasteiger charge is -2.07. The number of halogens is 1. The highest BCUT2D eigenvalue weighted by Gasteiger charge is 2.12. The third kappa shape index (κ3) is 3.96. The molecule has 0 spiro atoms. The van der Waals surface area contributed by atoms with Gasteiger partial charge in [0.05, 0.1) is 22.9 Å². The fraction of sp³-hybridized carbons (Fsp3) is 0.118. The lowest BCUT2D eigenvalue weighted by atomic mass is 10.1. The fourth-order valence-electron chi connectivity index (χ4n) is 2.37. The van der Waals surface area contributed by atoms with Gasteiger partial charge in [0, 0.05) is 34.6 Å². The number of hydrogen-bond acceptors (Lipinski definition) is 5. The number of aliphatic hydroxyl groups is 1. The minimum atomic E-state index is -0.425. The molecule has 0 unspecified atom stereocenters. The van der Waals surface area contributed by atoms with E-state index in [4.69, 9.17) is 11.6 Å². The number of aliphatic hydroxyl groups excluding tert-OH is 1. The number of benzene rings is 2. The summed E-state index contributed by atoms with van der Waals surface area (Å²) >= 11 is 7.29. The van der Waals surface area contributed by atoms with Crippen molar-refractivity contribution in [2.75, 3.05) is 6.61 Å². The van der Waals surface area contributed by atoms with Crippen molar-refractivity contribution in [3.8, 4) is 11.3 Å². The highest BCUT2D eigenvalue weighted by atomic mass is 35.5. The van der Waals surface area contributed by atoms with Crippen molar-refractivity contribution in [1.29, 1.82) is 0 Å². The molecule has 0 saturated carbocycles. The van der Waals surface area contributed by atoms with Crippen molar-refractivity contribution < 1.29 is 10.0 Å². The number of nitro benzene ring substituents is 1. The van der Waals surface area contributed by atoms with Crippen molar-refractivity contribution in [3.05, 3.63) is 73.8 Å². The van der Waals surface area contributed by atoms with Gasteiger partial charge in [-0.05, 0) is 24.3 Å². The quantitative estimate of drug-likeness (QED) is 0.540. The van der Waals surface area contributed by atoms with E-state index >= 15 is 0 Å². The largest absolute Gasteiger partial charge is 0.395 e. The predicted molar refractivity (Wildman–Crippen MR) is 98.2 cm³/mol. The fourth-order valence-corrected chi connectivity index (χ4v) is 3.45. The third-order valence-electron chi connectivity index (χ3n) is 3.53. The van der Waals surface area contributed by atoms with E-state index in [9.17, 15) is 15.2 Å². The standard InChI is InChI=1S/C17H14ClN3O3S/c18-13-4-6-14(7-5-13)19-17-20(8-9-22)16(11-25-17)12-2-1-3-15(10-12)21(23)24/h1-7,10-11,22H,8-9H2. The van der Waals surface area contributed by atoms with E-state index in [0.29, 0.717) is 21.9 Å². The lowest BCUT2D eigenvalue weighted by Crippen LogP contribution is -2.17. The summed E-state index contributed by atoms with van der Waals surface area (Å²) < 4.78 is 1.85. The number of nitrogens with zero attached hydrogens (tertiary/aromatic N) is 3. The van der Waals surface area contributed by atoms with Crippen LogP contribution in [0.5, 0.6) is 0 Å². The highest BCUT2D eigenvalue weighted by molar-refractivity contribution is 7.07. The lowest BCUT2D eigenvalue weighted by molar-refractivity contribution is -0.384. The Labute approximate surface area is 152 Å². The van der Waals surface area contributed by atoms with E-state index in [0.717, 1.165) is 11.4 Å². The number of nitro groups is 1. The van der Waals surface area contributed by atoms with Crippen LogP contribution in [0.3, 0.4) is 0 Å². The van der Waals surface area contributed by atoms with Gasteiger partial charge in [0.15, 0.2) is 4.80 Å². The minimum absolute atomic E-state index is 0.0236. The van der Waals surface area contributed by atoms with Crippen molar-refractivity contribution in [1.82, 2.24) is 4.57 Å². The topological polar surface area (TPSA) is 80.7 Å². The molecule has 25 heavy (non-hydrogen) atoms. The van der Waals surface area contributed by atoms with E-state index < -0.39 is 4.92 Å². The molecule has 0 aliphatic rings. The normalized spacial score (nSPS) is 11.7. The van der Waals surface area contributed by atoms with E-state index in [1.165, 1.54) is 23.5 Å². The molecule has 2 aromatic carbocycles. The molecule has 3 aromatic rings. The molecule has 1 heterocycles. The smallest absolute Gasteiger partial charge is 0.270 e. The summed E-state index contributed by atoms with van der Waals surface area (Å²) in [5, 5.41) is 22.9. The first kappa shape index (κ1) is 17.3. The maximum Gasteiger partial charge on any atom is 0.270 e. The molecule has 0 aliphatic heterocycles. The van der Waals surface area contributed by atoms with E-state index in [-0.39, 0.29) is 12.3 Å². The number of aromatic nitrogens is 1. The second-order valence-electron chi connectivity index (χ2n) is 5.17. The second-order valence-corrected chi connectivity index (χ2v) is 6.45. The Kier molecular flexibility index (Phi) is 5.28. The number of non-ortho nitro benzene ring substituents is 1. The van der Waals surface area contributed by atoms with Gasteiger partial charge in [-0.3, -0.25) is 10.1 Å². The zero-order valence-corrected chi connectivity index (χ0v) is 14.6. The van der Waals surface area contributed by atoms with Crippen LogP contribution in [-0.2, 0) is 6.54 Å². The van der Waals surface area contributed by atoms with E-state index in [1.54, 1.807) is 36.4 Å². The molecule has 128 valence electrons. The summed E-state index contributed by atoms with van der Waals surface area (Å²) in [5.74, 6) is 0. The Morgan fingerprint density at radius 2 is 2.00 bits per heavy atom. The molecule has 0 aliphatic carbocycles. The van der Waals surface area contributed by atoms with Gasteiger partial charge in [-0.1, -0.05) is 23.7 Å². The van der Waals surface area contributed by atoms with Crippen LogP contribution in [0, 0.1) is 10.1 Å². The molecule has 0 amide bonds. The summed E-state index contributed by atoms with van der Waals surface area (Å²) in [6.45, 7) is 0.278. The zero-order chi connectivity index (χ0) is 17.8. The number of rotatable bonds is 5. The Morgan fingerprint density at radius 3 is 2.68 bits per heavy atom. The molecule has 8 heteroatoms. The maximum absolute atomic E-state index is 11.0. The first-order valence-corrected chi connectivity index (χ1v) is 8.68. The van der Waals surface area contributed by atoms with Gasteiger partial charge in [0.2, 0.25) is 0 Å². The average molecular weight is 376 g/mol. The Hall–Kier alpha value is -2.48. The molecule has 6 nitrogen and oxygen atoms in total. The molecule has 0 radical (unpaired) electrons. The molecular formula is C17H14ClN3O3S. The van der Waals surface area contributed by atoms with Gasteiger partial charge < -0.3 is 9.67 Å². The highest BCUT2D eigenvalue weighted by Crippen LogP contribution is 2.25. The molecule has 0 bridgehead atoms. The summed E-state index contributed by atoms with van der Waals surface area (Å²) in [6.07, 6.45) is 0. The van der Waals surface area contributed by atoms with Gasteiger partial charge in [0.1, 0.15) is 0 Å². The van der Waals surface area contributed by atoms with Gasteiger partial charge in [0.25, 0.3) is 5.69 Å². The SMILES string of the molecule is O=[N+]([O-])c1cccc(-c2csc(=Nc3ccc(Cl)cc3)n2CCO)c1. The minimum Gasteiger partial charge on any atom is -0.395 e. The van der Waals surface area contributed by atoms with Crippen LogP contribution in [-0.4, -0.2) is 21.2 Å². The van der Waals surface area contributed by atoms with Crippen molar-refractivity contribution in [2.24, 2.45) is 4.99 Å². The Morgan fingerprint density at radius 1 is 1.24 bits per heavy atom. The van der Waals surface area contributed by atoms with E-state index in [2.05, 4.69) is 4.99 Å². The van der Waals surface area contributed by atoms with Crippen LogP contribution in [0.2, 0.25) is 5.02 Å². The summed E-state index contributed by atoms with van der Waals surface area (Å²) in [6, 6.07) is 13.5. The first-order chi connectivity index (χ1) is 12.1. The average Bonchev–Trinajstić information content (AvgIpc) is 3.00. The van der Waals surface area contributed by atoms with Gasteiger partial charge in [-0.15, -0.1) is 11.3 Å². The van der Waals surface area contributed by atoms with Gasteiger partial charge in [-0.25, -0.2) is 4.99 Å². The van der Waals surface area contributed by atoms with Crippen molar-refractivity contribution in [3.63, 3.8) is 0 Å². The molecule has 0 fully saturated rings. The first-order valence-electron chi connectivity index (χ1n) is 7.43. The summed E-state index contributed by atoms with van der Waals surface area (Å²) in [4.78, 5) is 15.9. The third-order valence-corrected chi connectivity index (χ3v) is 4.64. The Bertz CT molecular complexity index is 964. The van der Waals surface area contributed by atoms with Crippen LogP contribution in [0.1, 0.15) is 0 Å². The summed E-state index contributed by atoms with van der Waals surface area (Å²) in [7, 11) is 0. The van der Waals surface area contributed by atoms with Gasteiger partial charge in [-0.2, -0.15) is 0 Å². The van der Waals surface area contributed by atoms with Crippen molar-refractivity contribution >= 4 is 34.3 Å². The second kappa shape index (κ2) is 7.60. The molecular weight excluding hydrogens is 362 g/mol. The van der Waals surface area contributed by atoms with Crippen LogP contribution in [0.4, 0.5) is 11.4 Å². The van der Waals surface area contributed by atoms with E-state index in [1.807, 2.05) is 9.95 Å². The van der Waals surface area contributed by atoms with Gasteiger partial charge >= 0.3 is 0 Å². The summed E-state index contributed by atoms with van der Waals surface area (Å²) in [5.41, 5.74) is 2.24. The maximum atomic E-state index is 11.0. The Balaban J connectivity index is 2.10. The molecule has 0 atom stereocenters. The number of hydrogen-bond donors (Lipinski definition) is 1. The van der Waals surface area contributed by atoms with Crippen LogP contribution < -0.4 is 4.80 Å². The monoisotopic (exact) mass is 375 g/mol. The molecule has 1 aromatic heterocycles. The molecule has 1 N–H and O–H groups in total. The molecule has 3 rings (SSSR count). The van der Waals surface area contributed by atoms with Crippen LogP contribution in [0.25, 0.3) is 11.3 Å².